The van der Waals surface area contributed by atoms with E-state index in [1.165, 1.54) is 14.2 Å². The van der Waals surface area contributed by atoms with Crippen molar-refractivity contribution in [3.8, 4) is 11.5 Å². The van der Waals surface area contributed by atoms with Gasteiger partial charge in [-0.15, -0.1) is 0 Å². The van der Waals surface area contributed by atoms with E-state index < -0.39 is 9.84 Å². The lowest BCUT2D eigenvalue weighted by atomic mass is 10.2. The van der Waals surface area contributed by atoms with E-state index in [4.69, 9.17) is 9.47 Å². The highest BCUT2D eigenvalue weighted by Crippen LogP contribution is 2.31. The monoisotopic (exact) mass is 310 g/mol. The molecule has 0 aliphatic carbocycles. The number of ether oxygens (including phenoxy) is 2. The largest absolute Gasteiger partial charge is 0.493 e. The minimum Gasteiger partial charge on any atom is -0.493 e. The Balaban J connectivity index is 2.78. The fourth-order valence-electron chi connectivity index (χ4n) is 2.10. The van der Waals surface area contributed by atoms with Crippen molar-refractivity contribution in [2.45, 2.75) is 24.8 Å². The van der Waals surface area contributed by atoms with Gasteiger partial charge in [0.1, 0.15) is 0 Å². The average Bonchev–Trinajstić information content (AvgIpc) is 2.44. The minimum absolute atomic E-state index is 0.0315. The number of sulfone groups is 1. The van der Waals surface area contributed by atoms with Crippen LogP contribution in [0.15, 0.2) is 17.2 Å². The molecular formula is C14H18N2O4S. The first-order valence-corrected chi connectivity index (χ1v) is 8.42. The van der Waals surface area contributed by atoms with Gasteiger partial charge in [0.15, 0.2) is 26.4 Å². The number of rotatable bonds is 5. The Labute approximate surface area is 124 Å². The molecule has 0 N–H and O–H groups in total. The molecule has 0 saturated carbocycles. The third-order valence-electron chi connectivity index (χ3n) is 3.04. The first-order valence-electron chi connectivity index (χ1n) is 6.53. The molecule has 7 heteroatoms. The Hall–Kier alpha value is -1.89. The third-order valence-corrected chi connectivity index (χ3v) is 4.07. The molecule has 21 heavy (non-hydrogen) atoms. The minimum atomic E-state index is -3.43. The summed E-state index contributed by atoms with van der Waals surface area (Å²) in [6.07, 6.45) is 2.48. The van der Waals surface area contributed by atoms with Crippen LogP contribution in [0.5, 0.6) is 11.5 Å². The van der Waals surface area contributed by atoms with Gasteiger partial charge < -0.3 is 9.47 Å². The molecule has 114 valence electrons. The van der Waals surface area contributed by atoms with Crippen molar-refractivity contribution >= 4 is 20.9 Å². The predicted molar refractivity (Wildman–Crippen MR) is 79.7 cm³/mol. The Kier molecular flexibility index (Phi) is 4.32. The number of aromatic nitrogens is 2. The maximum atomic E-state index is 11.9. The smallest absolute Gasteiger partial charge is 0.194 e. The Morgan fingerprint density at radius 1 is 1.05 bits per heavy atom. The molecule has 1 aromatic heterocycles. The summed E-state index contributed by atoms with van der Waals surface area (Å²) < 4.78 is 34.2. The zero-order valence-corrected chi connectivity index (χ0v) is 13.3. The van der Waals surface area contributed by atoms with E-state index in [0.717, 1.165) is 12.7 Å². The van der Waals surface area contributed by atoms with Crippen LogP contribution >= 0.6 is 0 Å². The topological polar surface area (TPSA) is 78.4 Å². The highest BCUT2D eigenvalue weighted by Gasteiger charge is 2.19. The lowest BCUT2D eigenvalue weighted by Gasteiger charge is -2.11. The van der Waals surface area contributed by atoms with Crippen molar-refractivity contribution in [1.29, 1.82) is 0 Å². The first-order chi connectivity index (χ1) is 9.90. The second-order valence-electron chi connectivity index (χ2n) is 4.69. The summed E-state index contributed by atoms with van der Waals surface area (Å²) in [6, 6.07) is 3.33. The number of hydrogen-bond donors (Lipinski definition) is 0. The number of benzene rings is 1. The maximum Gasteiger partial charge on any atom is 0.194 e. The van der Waals surface area contributed by atoms with E-state index in [1.807, 2.05) is 6.92 Å². The van der Waals surface area contributed by atoms with Crippen LogP contribution in [-0.2, 0) is 16.3 Å². The van der Waals surface area contributed by atoms with Gasteiger partial charge >= 0.3 is 0 Å². The molecule has 0 aliphatic rings. The molecule has 1 aromatic carbocycles. The van der Waals surface area contributed by atoms with Gasteiger partial charge in [-0.1, -0.05) is 13.3 Å². The van der Waals surface area contributed by atoms with Crippen molar-refractivity contribution in [2.75, 3.05) is 20.5 Å². The van der Waals surface area contributed by atoms with Crippen molar-refractivity contribution in [2.24, 2.45) is 0 Å². The van der Waals surface area contributed by atoms with Crippen LogP contribution in [0.3, 0.4) is 0 Å². The van der Waals surface area contributed by atoms with E-state index in [2.05, 4.69) is 9.97 Å². The number of nitrogens with zero attached hydrogens (tertiary/aromatic N) is 2. The summed E-state index contributed by atoms with van der Waals surface area (Å²) in [5, 5.41) is 0.0315. The summed E-state index contributed by atoms with van der Waals surface area (Å²) in [4.78, 5) is 8.70. The molecule has 0 atom stereocenters. The molecule has 0 radical (unpaired) electrons. The lowest BCUT2D eigenvalue weighted by molar-refractivity contribution is 0.355. The van der Waals surface area contributed by atoms with Gasteiger partial charge in [0.2, 0.25) is 0 Å². The summed E-state index contributed by atoms with van der Waals surface area (Å²) in [7, 11) is -0.377. The zero-order chi connectivity index (χ0) is 15.6. The Morgan fingerprint density at radius 3 is 2.00 bits per heavy atom. The molecule has 0 bridgehead atoms. The number of hydrogen-bond acceptors (Lipinski definition) is 6. The van der Waals surface area contributed by atoms with Crippen molar-refractivity contribution in [3.05, 3.63) is 17.8 Å². The van der Waals surface area contributed by atoms with Gasteiger partial charge in [-0.2, -0.15) is 0 Å². The molecular weight excluding hydrogens is 292 g/mol. The second-order valence-corrected chi connectivity index (χ2v) is 6.62. The predicted octanol–water partition coefficient (Wildman–Crippen LogP) is 2.00. The first kappa shape index (κ1) is 15.5. The molecule has 2 aromatic rings. The van der Waals surface area contributed by atoms with Crippen LogP contribution in [-0.4, -0.2) is 38.9 Å². The molecule has 0 saturated heterocycles. The Morgan fingerprint density at radius 2 is 1.57 bits per heavy atom. The van der Waals surface area contributed by atoms with Crippen molar-refractivity contribution in [3.63, 3.8) is 0 Å². The van der Waals surface area contributed by atoms with Crippen LogP contribution < -0.4 is 9.47 Å². The summed E-state index contributed by atoms with van der Waals surface area (Å²) in [6.45, 7) is 1.96. The second kappa shape index (κ2) is 5.85. The van der Waals surface area contributed by atoms with Crippen LogP contribution in [0.2, 0.25) is 0 Å². The van der Waals surface area contributed by atoms with E-state index >= 15 is 0 Å². The van der Waals surface area contributed by atoms with E-state index in [-0.39, 0.29) is 5.03 Å². The molecule has 1 heterocycles. The van der Waals surface area contributed by atoms with E-state index in [0.29, 0.717) is 34.6 Å². The van der Waals surface area contributed by atoms with Crippen LogP contribution in [0.4, 0.5) is 0 Å². The summed E-state index contributed by atoms with van der Waals surface area (Å²) >= 11 is 0. The summed E-state index contributed by atoms with van der Waals surface area (Å²) in [5.74, 6) is 1.02. The number of methoxy groups -OCH3 is 2. The molecule has 0 amide bonds. The maximum absolute atomic E-state index is 11.9. The average molecular weight is 310 g/mol. The Bertz CT molecular complexity index is 772. The van der Waals surface area contributed by atoms with E-state index in [1.54, 1.807) is 12.1 Å². The normalized spacial score (nSPS) is 11.6. The van der Waals surface area contributed by atoms with Crippen LogP contribution in [0, 0.1) is 0 Å². The van der Waals surface area contributed by atoms with Crippen molar-refractivity contribution < 1.29 is 17.9 Å². The molecule has 0 spiro atoms. The molecule has 0 unspecified atom stereocenters. The SMILES string of the molecule is CCCc1nc2cc(OC)c(OC)cc2nc1S(C)(=O)=O. The van der Waals surface area contributed by atoms with Crippen molar-refractivity contribution in [1.82, 2.24) is 9.97 Å². The summed E-state index contributed by atoms with van der Waals surface area (Å²) in [5.41, 5.74) is 1.54. The third kappa shape index (κ3) is 3.07. The number of fused-ring (bicyclic) bond motifs is 1. The molecule has 6 nitrogen and oxygen atoms in total. The highest BCUT2D eigenvalue weighted by atomic mass is 32.2. The molecule has 2 rings (SSSR count). The lowest BCUT2D eigenvalue weighted by Crippen LogP contribution is -2.08. The van der Waals surface area contributed by atoms with Gasteiger partial charge in [-0.25, -0.2) is 18.4 Å². The standard InChI is InChI=1S/C14H18N2O4S/c1-5-6-9-14(21(4,17)18)16-11-8-13(20-3)12(19-2)7-10(11)15-9/h7-8H,5-6H2,1-4H3. The van der Waals surface area contributed by atoms with Gasteiger partial charge in [0, 0.05) is 18.4 Å². The van der Waals surface area contributed by atoms with Crippen LogP contribution in [0.25, 0.3) is 11.0 Å². The fraction of sp³-hybridized carbons (Fsp3) is 0.429. The molecule has 0 aliphatic heterocycles. The quantitative estimate of drug-likeness (QED) is 0.840. The van der Waals surface area contributed by atoms with E-state index in [9.17, 15) is 8.42 Å². The fourth-order valence-corrected chi connectivity index (χ4v) is 2.94. The van der Waals surface area contributed by atoms with Gasteiger partial charge in [-0.05, 0) is 6.42 Å². The van der Waals surface area contributed by atoms with Crippen LogP contribution in [0.1, 0.15) is 19.0 Å². The van der Waals surface area contributed by atoms with Gasteiger partial charge in [0.05, 0.1) is 30.9 Å². The zero-order valence-electron chi connectivity index (χ0n) is 12.5. The van der Waals surface area contributed by atoms with Gasteiger partial charge in [-0.3, -0.25) is 0 Å². The molecule has 0 fully saturated rings. The van der Waals surface area contributed by atoms with Gasteiger partial charge in [0.25, 0.3) is 0 Å². The number of aryl methyl sites for hydroxylation is 1. The highest BCUT2D eigenvalue weighted by molar-refractivity contribution is 7.90.